The molecule has 0 fully saturated rings. The number of hydrogen-bond acceptors (Lipinski definition) is 2. The maximum absolute atomic E-state index is 12.7. The number of hydrogen-bond donors (Lipinski definition) is 0. The lowest BCUT2D eigenvalue weighted by Gasteiger charge is -2.21. The van der Waals surface area contributed by atoms with E-state index in [1.54, 1.807) is 0 Å². The minimum Gasteiger partial charge on any atom is -0.304 e. The van der Waals surface area contributed by atoms with Gasteiger partial charge in [-0.25, -0.2) is 0 Å². The standard InChI is InChI=1S/C15H14BrNOS/c1-9-7-13(19-14(9)16)15(18)17-10(2)8-11-5-3-4-6-12(11)17/h3-7,10H,8H2,1-2H3. The summed E-state index contributed by atoms with van der Waals surface area (Å²) in [6.07, 6.45) is 0.938. The Hall–Kier alpha value is -1.13. The molecular formula is C15H14BrNOS. The van der Waals surface area contributed by atoms with Crippen LogP contribution in [-0.4, -0.2) is 11.9 Å². The smallest absolute Gasteiger partial charge is 0.268 e. The zero-order valence-corrected chi connectivity index (χ0v) is 13.2. The lowest BCUT2D eigenvalue weighted by atomic mass is 10.1. The first-order valence-corrected chi connectivity index (χ1v) is 7.86. The van der Waals surface area contributed by atoms with Crippen molar-refractivity contribution in [3.8, 4) is 0 Å². The van der Waals surface area contributed by atoms with E-state index in [1.807, 2.05) is 36.1 Å². The summed E-state index contributed by atoms with van der Waals surface area (Å²) in [5, 5.41) is 0. The highest BCUT2D eigenvalue weighted by Crippen LogP contribution is 2.35. The highest BCUT2D eigenvalue weighted by atomic mass is 79.9. The molecule has 2 heterocycles. The summed E-state index contributed by atoms with van der Waals surface area (Å²) < 4.78 is 1.04. The lowest BCUT2D eigenvalue weighted by molar-refractivity contribution is 0.0985. The van der Waals surface area contributed by atoms with Crippen molar-refractivity contribution in [3.05, 3.63) is 50.1 Å². The number of benzene rings is 1. The molecule has 0 bridgehead atoms. The van der Waals surface area contributed by atoms with Gasteiger partial charge in [0, 0.05) is 11.7 Å². The van der Waals surface area contributed by atoms with E-state index in [0.29, 0.717) is 0 Å². The second-order valence-electron chi connectivity index (χ2n) is 4.92. The Morgan fingerprint density at radius 1 is 1.42 bits per heavy atom. The third-order valence-electron chi connectivity index (χ3n) is 3.49. The van der Waals surface area contributed by atoms with Gasteiger partial charge < -0.3 is 4.90 Å². The van der Waals surface area contributed by atoms with Gasteiger partial charge in [-0.3, -0.25) is 4.79 Å². The van der Waals surface area contributed by atoms with Gasteiger partial charge in [0.05, 0.1) is 8.66 Å². The molecule has 2 nitrogen and oxygen atoms in total. The van der Waals surface area contributed by atoms with Crippen LogP contribution in [0.5, 0.6) is 0 Å². The van der Waals surface area contributed by atoms with Crippen molar-refractivity contribution in [1.29, 1.82) is 0 Å². The topological polar surface area (TPSA) is 20.3 Å². The first kappa shape index (κ1) is 12.9. The van der Waals surface area contributed by atoms with Crippen molar-refractivity contribution < 1.29 is 4.79 Å². The molecule has 1 aromatic carbocycles. The summed E-state index contributed by atoms with van der Waals surface area (Å²) >= 11 is 5.00. The minimum atomic E-state index is 0.108. The van der Waals surface area contributed by atoms with E-state index in [9.17, 15) is 4.79 Å². The van der Waals surface area contributed by atoms with Crippen molar-refractivity contribution in [3.63, 3.8) is 0 Å². The van der Waals surface area contributed by atoms with E-state index in [4.69, 9.17) is 0 Å². The van der Waals surface area contributed by atoms with Gasteiger partial charge in [0.1, 0.15) is 0 Å². The number of anilines is 1. The molecule has 1 amide bonds. The monoisotopic (exact) mass is 335 g/mol. The second kappa shape index (κ2) is 4.76. The second-order valence-corrected chi connectivity index (χ2v) is 7.29. The molecule has 0 N–H and O–H groups in total. The molecule has 0 aliphatic carbocycles. The first-order chi connectivity index (χ1) is 9.08. The molecule has 98 valence electrons. The highest BCUT2D eigenvalue weighted by molar-refractivity contribution is 9.11. The number of carbonyl (C=O) groups excluding carboxylic acids is 1. The van der Waals surface area contributed by atoms with Crippen molar-refractivity contribution >= 4 is 38.9 Å². The van der Waals surface area contributed by atoms with E-state index in [1.165, 1.54) is 16.9 Å². The van der Waals surface area contributed by atoms with Crippen LogP contribution in [0.2, 0.25) is 0 Å². The molecule has 1 atom stereocenters. The molecule has 19 heavy (non-hydrogen) atoms. The summed E-state index contributed by atoms with van der Waals surface area (Å²) in [4.78, 5) is 15.4. The third kappa shape index (κ3) is 2.13. The fourth-order valence-electron chi connectivity index (χ4n) is 2.56. The van der Waals surface area contributed by atoms with Crippen molar-refractivity contribution in [2.24, 2.45) is 0 Å². The van der Waals surface area contributed by atoms with Gasteiger partial charge in [0.25, 0.3) is 5.91 Å². The van der Waals surface area contributed by atoms with Gasteiger partial charge in [-0.1, -0.05) is 18.2 Å². The number of aryl methyl sites for hydroxylation is 1. The quantitative estimate of drug-likeness (QED) is 0.755. The van der Waals surface area contributed by atoms with Gasteiger partial charge in [-0.2, -0.15) is 0 Å². The Bertz CT molecular complexity index is 630. The molecule has 4 heteroatoms. The van der Waals surface area contributed by atoms with Crippen LogP contribution in [0, 0.1) is 6.92 Å². The average molecular weight is 336 g/mol. The molecule has 0 radical (unpaired) electrons. The minimum absolute atomic E-state index is 0.108. The van der Waals surface area contributed by atoms with Gasteiger partial charge in [0.2, 0.25) is 0 Å². The van der Waals surface area contributed by atoms with E-state index < -0.39 is 0 Å². The molecule has 3 rings (SSSR count). The fourth-order valence-corrected chi connectivity index (χ4v) is 4.03. The normalized spacial score (nSPS) is 17.6. The van der Waals surface area contributed by atoms with E-state index in [-0.39, 0.29) is 11.9 Å². The van der Waals surface area contributed by atoms with Crippen molar-refractivity contribution in [1.82, 2.24) is 0 Å². The Morgan fingerprint density at radius 2 is 2.16 bits per heavy atom. The predicted octanol–water partition coefficient (Wildman–Crippen LogP) is 4.41. The van der Waals surface area contributed by atoms with E-state index in [2.05, 4.69) is 28.9 Å². The Kier molecular flexibility index (Phi) is 3.23. The molecule has 0 spiro atoms. The summed E-state index contributed by atoms with van der Waals surface area (Å²) in [6, 6.07) is 10.4. The summed E-state index contributed by atoms with van der Waals surface area (Å²) in [5.74, 6) is 0.108. The molecule has 2 aromatic rings. The molecule has 1 unspecified atom stereocenters. The molecule has 0 saturated carbocycles. The molecule has 0 saturated heterocycles. The van der Waals surface area contributed by atoms with Crippen LogP contribution in [0.4, 0.5) is 5.69 Å². The molecule has 1 aromatic heterocycles. The number of para-hydroxylation sites is 1. The number of fused-ring (bicyclic) bond motifs is 1. The predicted molar refractivity (Wildman–Crippen MR) is 83.2 cm³/mol. The fraction of sp³-hybridized carbons (Fsp3) is 0.267. The molecule has 1 aliphatic rings. The van der Waals surface area contributed by atoms with Gasteiger partial charge >= 0.3 is 0 Å². The summed E-state index contributed by atoms with van der Waals surface area (Å²) in [5.41, 5.74) is 3.44. The number of carbonyl (C=O) groups is 1. The van der Waals surface area contributed by atoms with Crippen LogP contribution in [0.3, 0.4) is 0 Å². The van der Waals surface area contributed by atoms with Gasteiger partial charge in [0.15, 0.2) is 0 Å². The maximum atomic E-state index is 12.7. The number of rotatable bonds is 1. The van der Waals surface area contributed by atoms with Gasteiger partial charge in [-0.05, 0) is 59.5 Å². The van der Waals surface area contributed by atoms with Crippen LogP contribution in [-0.2, 0) is 6.42 Å². The average Bonchev–Trinajstić information content (AvgIpc) is 2.89. The Labute approximate surface area is 125 Å². The van der Waals surface area contributed by atoms with E-state index in [0.717, 1.165) is 26.3 Å². The summed E-state index contributed by atoms with van der Waals surface area (Å²) in [7, 11) is 0. The van der Waals surface area contributed by atoms with Crippen LogP contribution in [0.1, 0.15) is 27.7 Å². The molecule has 1 aliphatic heterocycles. The largest absolute Gasteiger partial charge is 0.304 e. The van der Waals surface area contributed by atoms with E-state index >= 15 is 0 Å². The highest BCUT2D eigenvalue weighted by Gasteiger charge is 2.31. The van der Waals surface area contributed by atoms with Crippen LogP contribution in [0.15, 0.2) is 34.1 Å². The lowest BCUT2D eigenvalue weighted by Crippen LogP contribution is -2.35. The number of nitrogens with zero attached hydrogens (tertiary/aromatic N) is 1. The third-order valence-corrected chi connectivity index (χ3v) is 5.62. The van der Waals surface area contributed by atoms with Crippen molar-refractivity contribution in [2.75, 3.05) is 4.90 Å². The number of thiophene rings is 1. The van der Waals surface area contributed by atoms with Crippen LogP contribution in [0.25, 0.3) is 0 Å². The van der Waals surface area contributed by atoms with Crippen molar-refractivity contribution in [2.45, 2.75) is 26.3 Å². The van der Waals surface area contributed by atoms with Crippen LogP contribution >= 0.6 is 27.3 Å². The number of halogens is 1. The molecular weight excluding hydrogens is 322 g/mol. The summed E-state index contributed by atoms with van der Waals surface area (Å²) in [6.45, 7) is 4.12. The van der Waals surface area contributed by atoms with Crippen LogP contribution < -0.4 is 4.90 Å². The number of amides is 1. The van der Waals surface area contributed by atoms with Gasteiger partial charge in [-0.15, -0.1) is 11.3 Å². The SMILES string of the molecule is Cc1cc(C(=O)N2c3ccccc3CC2C)sc1Br. The maximum Gasteiger partial charge on any atom is 0.268 e. The first-order valence-electron chi connectivity index (χ1n) is 6.25. The zero-order valence-electron chi connectivity index (χ0n) is 10.8. The Morgan fingerprint density at radius 3 is 2.84 bits per heavy atom. The zero-order chi connectivity index (χ0) is 13.6. The Balaban J connectivity index is 2.00.